The van der Waals surface area contributed by atoms with Crippen LogP contribution in [0.3, 0.4) is 0 Å². The molecular weight excluding hydrogens is 408 g/mol. The third kappa shape index (κ3) is 3.99. The number of thiophene rings is 1. The first-order chi connectivity index (χ1) is 13.7. The Morgan fingerprint density at radius 1 is 1.25 bits per heavy atom. The predicted octanol–water partition coefficient (Wildman–Crippen LogP) is 5.04. The van der Waals surface area contributed by atoms with Crippen LogP contribution in [0.15, 0.2) is 51.8 Å². The van der Waals surface area contributed by atoms with Gasteiger partial charge in [-0.3, -0.25) is 4.79 Å². The summed E-state index contributed by atoms with van der Waals surface area (Å²) in [6.45, 7) is 5.83. The molecule has 0 spiro atoms. The lowest BCUT2D eigenvalue weighted by Crippen LogP contribution is -2.33. The van der Waals surface area contributed by atoms with Crippen LogP contribution >= 0.6 is 34.9 Å². The Kier molecular flexibility index (Phi) is 6.08. The number of nitrogens with zero attached hydrogens (tertiary/aromatic N) is 4. The minimum Gasteiger partial charge on any atom is -0.311 e. The highest BCUT2D eigenvalue weighted by molar-refractivity contribution is 8.00. The SMILES string of the molecule is CCn1c(SCC(=O)N2CC[C@H](C)Sc3ccccc32)nnc1-c1cccs1. The number of benzene rings is 1. The summed E-state index contributed by atoms with van der Waals surface area (Å²) >= 11 is 4.97. The lowest BCUT2D eigenvalue weighted by atomic mass is 10.2. The fourth-order valence-corrected chi connectivity index (χ4v) is 5.93. The zero-order valence-electron chi connectivity index (χ0n) is 15.9. The Morgan fingerprint density at radius 2 is 2.11 bits per heavy atom. The maximum absolute atomic E-state index is 13.1. The number of carbonyl (C=O) groups excluding carboxylic acids is 1. The molecule has 0 fully saturated rings. The number of rotatable bonds is 5. The van der Waals surface area contributed by atoms with Gasteiger partial charge in [0, 0.05) is 23.2 Å². The summed E-state index contributed by atoms with van der Waals surface area (Å²) in [6, 6.07) is 12.3. The minimum atomic E-state index is 0.121. The Labute approximate surface area is 177 Å². The number of fused-ring (bicyclic) bond motifs is 1. The van der Waals surface area contributed by atoms with Crippen molar-refractivity contribution in [2.45, 2.75) is 42.1 Å². The van der Waals surface area contributed by atoms with Gasteiger partial charge in [-0.15, -0.1) is 33.3 Å². The molecule has 2 aromatic heterocycles. The largest absolute Gasteiger partial charge is 0.311 e. The third-order valence-corrected chi connectivity index (χ3v) is 7.70. The number of hydrogen-bond acceptors (Lipinski definition) is 6. The second-order valence-electron chi connectivity index (χ2n) is 6.55. The van der Waals surface area contributed by atoms with Crippen molar-refractivity contribution in [3.8, 4) is 10.7 Å². The van der Waals surface area contributed by atoms with E-state index < -0.39 is 0 Å². The monoisotopic (exact) mass is 430 g/mol. The van der Waals surface area contributed by atoms with E-state index in [1.54, 1.807) is 11.3 Å². The summed E-state index contributed by atoms with van der Waals surface area (Å²) in [5.74, 6) is 1.35. The van der Waals surface area contributed by atoms with Crippen LogP contribution in [0.25, 0.3) is 10.7 Å². The summed E-state index contributed by atoms with van der Waals surface area (Å²) in [7, 11) is 0. The molecule has 0 aliphatic carbocycles. The molecule has 0 saturated carbocycles. The smallest absolute Gasteiger partial charge is 0.237 e. The van der Waals surface area contributed by atoms with E-state index in [2.05, 4.69) is 34.7 Å². The molecule has 1 aliphatic heterocycles. The number of carbonyl (C=O) groups is 1. The summed E-state index contributed by atoms with van der Waals surface area (Å²) in [6.07, 6.45) is 0.990. The van der Waals surface area contributed by atoms with E-state index in [9.17, 15) is 4.79 Å². The number of aromatic nitrogens is 3. The molecule has 1 amide bonds. The molecule has 0 N–H and O–H groups in total. The van der Waals surface area contributed by atoms with Gasteiger partial charge in [-0.25, -0.2) is 0 Å². The van der Waals surface area contributed by atoms with Crippen LogP contribution in [-0.2, 0) is 11.3 Å². The predicted molar refractivity (Wildman–Crippen MR) is 118 cm³/mol. The van der Waals surface area contributed by atoms with Crippen molar-refractivity contribution in [1.29, 1.82) is 0 Å². The van der Waals surface area contributed by atoms with Crippen LogP contribution in [0.4, 0.5) is 5.69 Å². The van der Waals surface area contributed by atoms with Crippen molar-refractivity contribution >= 4 is 46.5 Å². The van der Waals surface area contributed by atoms with Crippen molar-refractivity contribution < 1.29 is 4.79 Å². The number of anilines is 1. The molecule has 0 unspecified atom stereocenters. The average molecular weight is 431 g/mol. The molecule has 1 aliphatic rings. The summed E-state index contributed by atoms with van der Waals surface area (Å²) in [5.41, 5.74) is 1.03. The molecule has 0 radical (unpaired) electrons. The lowest BCUT2D eigenvalue weighted by molar-refractivity contribution is -0.116. The quantitative estimate of drug-likeness (QED) is 0.531. The van der Waals surface area contributed by atoms with E-state index in [0.29, 0.717) is 11.0 Å². The van der Waals surface area contributed by atoms with Gasteiger partial charge in [-0.05, 0) is 36.9 Å². The second kappa shape index (κ2) is 8.71. The average Bonchev–Trinajstić information content (AvgIpc) is 3.33. The van der Waals surface area contributed by atoms with Gasteiger partial charge in [0.25, 0.3) is 0 Å². The van der Waals surface area contributed by atoms with Crippen molar-refractivity contribution in [1.82, 2.24) is 14.8 Å². The van der Waals surface area contributed by atoms with Crippen LogP contribution < -0.4 is 4.90 Å². The zero-order chi connectivity index (χ0) is 19.5. The Bertz CT molecular complexity index is 954. The first-order valence-electron chi connectivity index (χ1n) is 9.33. The van der Waals surface area contributed by atoms with Crippen molar-refractivity contribution in [2.75, 3.05) is 17.2 Å². The number of para-hydroxylation sites is 1. The molecule has 8 heteroatoms. The highest BCUT2D eigenvalue weighted by atomic mass is 32.2. The summed E-state index contributed by atoms with van der Waals surface area (Å²) in [4.78, 5) is 17.3. The lowest BCUT2D eigenvalue weighted by Gasteiger charge is -2.22. The van der Waals surface area contributed by atoms with Gasteiger partial charge in [-0.2, -0.15) is 0 Å². The Balaban J connectivity index is 1.51. The van der Waals surface area contributed by atoms with Gasteiger partial charge in [-0.1, -0.05) is 36.9 Å². The molecule has 0 saturated heterocycles. The molecule has 146 valence electrons. The van der Waals surface area contributed by atoms with Gasteiger partial charge < -0.3 is 9.47 Å². The molecule has 3 heterocycles. The van der Waals surface area contributed by atoms with E-state index in [4.69, 9.17) is 0 Å². The van der Waals surface area contributed by atoms with Crippen LogP contribution in [0.5, 0.6) is 0 Å². The summed E-state index contributed by atoms with van der Waals surface area (Å²) in [5, 5.41) is 12.0. The second-order valence-corrected chi connectivity index (χ2v) is 9.92. The Hall–Kier alpha value is -1.77. The fourth-order valence-electron chi connectivity index (χ4n) is 3.22. The standard InChI is InChI=1S/C20H22N4OS3/c1-3-23-19(17-9-6-12-26-17)21-22-20(23)27-13-18(25)24-11-10-14(2)28-16-8-5-4-7-15(16)24/h4-9,12,14H,3,10-11,13H2,1-2H3/t14-/m0/s1. The number of hydrogen-bond donors (Lipinski definition) is 0. The van der Waals surface area contributed by atoms with Gasteiger partial charge >= 0.3 is 0 Å². The van der Waals surface area contributed by atoms with E-state index in [1.165, 1.54) is 16.7 Å². The molecule has 28 heavy (non-hydrogen) atoms. The molecular formula is C20H22N4OS3. The van der Waals surface area contributed by atoms with Crippen molar-refractivity contribution in [2.24, 2.45) is 0 Å². The molecule has 1 aromatic carbocycles. The molecule has 4 rings (SSSR count). The highest BCUT2D eigenvalue weighted by Crippen LogP contribution is 2.37. The molecule has 1 atom stereocenters. The van der Waals surface area contributed by atoms with Gasteiger partial charge in [0.2, 0.25) is 5.91 Å². The fraction of sp³-hybridized carbons (Fsp3) is 0.350. The molecule has 3 aromatic rings. The van der Waals surface area contributed by atoms with Crippen molar-refractivity contribution in [3.05, 3.63) is 41.8 Å². The maximum atomic E-state index is 13.1. The van der Waals surface area contributed by atoms with Gasteiger partial charge in [0.15, 0.2) is 11.0 Å². The zero-order valence-corrected chi connectivity index (χ0v) is 18.3. The van der Waals surface area contributed by atoms with Gasteiger partial charge in [0.05, 0.1) is 16.3 Å². The van der Waals surface area contributed by atoms with Crippen molar-refractivity contribution in [3.63, 3.8) is 0 Å². The van der Waals surface area contributed by atoms with Gasteiger partial charge in [0.1, 0.15) is 0 Å². The number of thioether (sulfide) groups is 2. The minimum absolute atomic E-state index is 0.121. The van der Waals surface area contributed by atoms with Crippen LogP contribution in [0.2, 0.25) is 0 Å². The first kappa shape index (κ1) is 19.5. The van der Waals surface area contributed by atoms with Crippen LogP contribution in [0, 0.1) is 0 Å². The summed E-state index contributed by atoms with van der Waals surface area (Å²) < 4.78 is 2.08. The highest BCUT2D eigenvalue weighted by Gasteiger charge is 2.25. The van der Waals surface area contributed by atoms with Crippen LogP contribution in [-0.4, -0.2) is 38.2 Å². The van der Waals surface area contributed by atoms with Crippen LogP contribution in [0.1, 0.15) is 20.3 Å². The number of amides is 1. The molecule has 5 nitrogen and oxygen atoms in total. The topological polar surface area (TPSA) is 51.0 Å². The van der Waals surface area contributed by atoms with E-state index in [-0.39, 0.29) is 5.91 Å². The Morgan fingerprint density at radius 3 is 2.89 bits per heavy atom. The van der Waals surface area contributed by atoms with E-state index in [1.807, 2.05) is 52.4 Å². The van der Waals surface area contributed by atoms with E-state index in [0.717, 1.165) is 41.1 Å². The van der Waals surface area contributed by atoms with E-state index >= 15 is 0 Å². The molecule has 0 bridgehead atoms. The first-order valence-corrected chi connectivity index (χ1v) is 12.1. The maximum Gasteiger partial charge on any atom is 0.237 e. The normalized spacial score (nSPS) is 16.6. The third-order valence-electron chi connectivity index (χ3n) is 4.64.